The van der Waals surface area contributed by atoms with Crippen LogP contribution in [0.25, 0.3) is 0 Å². The lowest BCUT2D eigenvalue weighted by Crippen LogP contribution is -2.18. The zero-order chi connectivity index (χ0) is 13.9. The van der Waals surface area contributed by atoms with Crippen molar-refractivity contribution >= 4 is 21.9 Å². The molecule has 8 heteroatoms. The Balaban J connectivity index is 3.31. The summed E-state index contributed by atoms with van der Waals surface area (Å²) in [6.45, 7) is 0. The summed E-state index contributed by atoms with van der Waals surface area (Å²) >= 11 is 2.82. The fourth-order valence-electron chi connectivity index (χ4n) is 1.13. The van der Waals surface area contributed by atoms with Gasteiger partial charge in [-0.1, -0.05) is 0 Å². The van der Waals surface area contributed by atoms with Crippen LogP contribution in [-0.2, 0) is 4.74 Å². The molecule has 0 unspecified atom stereocenters. The van der Waals surface area contributed by atoms with Gasteiger partial charge in [-0.15, -0.1) is 13.2 Å². The highest BCUT2D eigenvalue weighted by Gasteiger charge is 2.32. The molecule has 0 saturated carbocycles. The molecule has 1 rings (SSSR count). The summed E-state index contributed by atoms with van der Waals surface area (Å²) in [4.78, 5) is 11.3. The maximum absolute atomic E-state index is 12.1. The molecule has 0 N–H and O–H groups in total. The summed E-state index contributed by atoms with van der Waals surface area (Å²) in [5.41, 5.74) is -0.425. The molecule has 96 valence electrons. The van der Waals surface area contributed by atoms with Gasteiger partial charge in [-0.3, -0.25) is 0 Å². The van der Waals surface area contributed by atoms with Gasteiger partial charge in [0.1, 0.15) is 11.8 Å². The molecular formula is C10H5BrF3NO3. The molecule has 0 heterocycles. The molecule has 0 amide bonds. The van der Waals surface area contributed by atoms with Crippen molar-refractivity contribution in [3.8, 4) is 11.8 Å². The van der Waals surface area contributed by atoms with Crippen molar-refractivity contribution in [1.29, 1.82) is 5.26 Å². The number of alkyl halides is 3. The van der Waals surface area contributed by atoms with Crippen LogP contribution in [-0.4, -0.2) is 19.4 Å². The number of esters is 1. The summed E-state index contributed by atoms with van der Waals surface area (Å²) in [5, 5.41) is 8.77. The number of hydrogen-bond acceptors (Lipinski definition) is 4. The minimum atomic E-state index is -4.90. The second-order valence-corrected chi connectivity index (χ2v) is 3.83. The Morgan fingerprint density at radius 1 is 1.44 bits per heavy atom. The van der Waals surface area contributed by atoms with Crippen LogP contribution in [0.2, 0.25) is 0 Å². The van der Waals surface area contributed by atoms with Crippen LogP contribution >= 0.6 is 15.9 Å². The number of hydrogen-bond donors (Lipinski definition) is 0. The average molecular weight is 324 g/mol. The number of carbonyl (C=O) groups is 1. The fourth-order valence-corrected chi connectivity index (χ4v) is 1.55. The van der Waals surface area contributed by atoms with Crippen LogP contribution in [0, 0.1) is 11.3 Å². The lowest BCUT2D eigenvalue weighted by molar-refractivity contribution is -0.274. The number of carbonyl (C=O) groups excluding carboxylic acids is 1. The van der Waals surface area contributed by atoms with Gasteiger partial charge in [-0.2, -0.15) is 5.26 Å². The summed E-state index contributed by atoms with van der Waals surface area (Å²) in [5.74, 6) is -1.55. The van der Waals surface area contributed by atoms with Crippen LogP contribution in [0.5, 0.6) is 5.75 Å². The summed E-state index contributed by atoms with van der Waals surface area (Å²) in [7, 11) is 1.05. The predicted octanol–water partition coefficient (Wildman–Crippen LogP) is 3.01. The molecule has 1 aromatic carbocycles. The first-order chi connectivity index (χ1) is 8.28. The fraction of sp³-hybridized carbons (Fsp3) is 0.200. The first kappa shape index (κ1) is 14.3. The number of nitriles is 1. The molecule has 0 saturated heterocycles. The number of nitrogens with zero attached hydrogens (tertiary/aromatic N) is 1. The van der Waals surface area contributed by atoms with Gasteiger partial charge < -0.3 is 9.47 Å². The topological polar surface area (TPSA) is 59.3 Å². The Hall–Kier alpha value is -1.75. The largest absolute Gasteiger partial charge is 0.573 e. The van der Waals surface area contributed by atoms with E-state index in [1.807, 2.05) is 0 Å². The van der Waals surface area contributed by atoms with E-state index in [-0.39, 0.29) is 15.6 Å². The Kier molecular flexibility index (Phi) is 4.19. The van der Waals surface area contributed by atoms with E-state index in [0.29, 0.717) is 0 Å². The van der Waals surface area contributed by atoms with Crippen LogP contribution < -0.4 is 4.74 Å². The monoisotopic (exact) mass is 323 g/mol. The quantitative estimate of drug-likeness (QED) is 0.785. The van der Waals surface area contributed by atoms with Crippen molar-refractivity contribution in [3.63, 3.8) is 0 Å². The first-order valence-electron chi connectivity index (χ1n) is 4.36. The highest BCUT2D eigenvalue weighted by Crippen LogP contribution is 2.33. The van der Waals surface area contributed by atoms with Gasteiger partial charge in [0.25, 0.3) is 0 Å². The van der Waals surface area contributed by atoms with Gasteiger partial charge in [0.15, 0.2) is 0 Å². The smallest absolute Gasteiger partial charge is 0.465 e. The molecule has 0 aliphatic carbocycles. The lowest BCUT2D eigenvalue weighted by atomic mass is 10.1. The van der Waals surface area contributed by atoms with Crippen LogP contribution in [0.3, 0.4) is 0 Å². The molecule has 1 aromatic rings. The number of benzene rings is 1. The van der Waals surface area contributed by atoms with E-state index in [1.165, 1.54) is 0 Å². The van der Waals surface area contributed by atoms with E-state index in [4.69, 9.17) is 5.26 Å². The summed E-state index contributed by atoms with van der Waals surface area (Å²) in [6, 6.07) is 3.52. The molecule has 0 bridgehead atoms. The van der Waals surface area contributed by atoms with Gasteiger partial charge in [0, 0.05) is 0 Å². The van der Waals surface area contributed by atoms with E-state index < -0.39 is 18.1 Å². The van der Waals surface area contributed by atoms with Crippen LogP contribution in [0.1, 0.15) is 15.9 Å². The Bertz CT molecular complexity index is 522. The molecule has 0 spiro atoms. The van der Waals surface area contributed by atoms with Gasteiger partial charge in [0.2, 0.25) is 0 Å². The Morgan fingerprint density at radius 2 is 2.06 bits per heavy atom. The second kappa shape index (κ2) is 5.27. The summed E-state index contributed by atoms with van der Waals surface area (Å²) < 4.78 is 44.3. The van der Waals surface area contributed by atoms with Gasteiger partial charge in [-0.05, 0) is 28.1 Å². The minimum absolute atomic E-state index is 0.0935. The molecule has 0 aliphatic heterocycles. The molecule has 18 heavy (non-hydrogen) atoms. The minimum Gasteiger partial charge on any atom is -0.465 e. The Morgan fingerprint density at radius 3 is 2.50 bits per heavy atom. The molecule has 0 atom stereocenters. The van der Waals surface area contributed by atoms with E-state index in [9.17, 15) is 18.0 Å². The molecule has 0 aromatic heterocycles. The van der Waals surface area contributed by atoms with E-state index in [2.05, 4.69) is 25.4 Å². The SMILES string of the molecule is COC(=O)c1cc(OC(F)(F)F)c(Br)cc1C#N. The first-order valence-corrected chi connectivity index (χ1v) is 5.15. The van der Waals surface area contributed by atoms with Crippen molar-refractivity contribution in [1.82, 2.24) is 0 Å². The number of halogens is 4. The molecule has 0 fully saturated rings. The normalized spacial score (nSPS) is 10.7. The van der Waals surface area contributed by atoms with E-state index in [0.717, 1.165) is 19.2 Å². The Labute approximate surface area is 108 Å². The van der Waals surface area contributed by atoms with E-state index in [1.54, 1.807) is 6.07 Å². The maximum atomic E-state index is 12.1. The molecular weight excluding hydrogens is 319 g/mol. The zero-order valence-corrected chi connectivity index (χ0v) is 10.4. The predicted molar refractivity (Wildman–Crippen MR) is 56.9 cm³/mol. The molecule has 0 radical (unpaired) electrons. The number of rotatable bonds is 2. The molecule has 0 aliphatic rings. The van der Waals surface area contributed by atoms with Gasteiger partial charge in [-0.25, -0.2) is 4.79 Å². The van der Waals surface area contributed by atoms with Crippen LogP contribution in [0.15, 0.2) is 16.6 Å². The molecule has 4 nitrogen and oxygen atoms in total. The maximum Gasteiger partial charge on any atom is 0.573 e. The van der Waals surface area contributed by atoms with Crippen molar-refractivity contribution in [2.24, 2.45) is 0 Å². The van der Waals surface area contributed by atoms with Crippen LogP contribution in [0.4, 0.5) is 13.2 Å². The van der Waals surface area contributed by atoms with Crippen molar-refractivity contribution in [2.75, 3.05) is 7.11 Å². The van der Waals surface area contributed by atoms with Crippen molar-refractivity contribution in [2.45, 2.75) is 6.36 Å². The van der Waals surface area contributed by atoms with Gasteiger partial charge >= 0.3 is 12.3 Å². The highest BCUT2D eigenvalue weighted by molar-refractivity contribution is 9.10. The highest BCUT2D eigenvalue weighted by atomic mass is 79.9. The third-order valence-electron chi connectivity index (χ3n) is 1.82. The third kappa shape index (κ3) is 3.37. The van der Waals surface area contributed by atoms with E-state index >= 15 is 0 Å². The van der Waals surface area contributed by atoms with Crippen molar-refractivity contribution < 1.29 is 27.4 Å². The summed E-state index contributed by atoms with van der Waals surface area (Å²) in [6.07, 6.45) is -4.90. The lowest BCUT2D eigenvalue weighted by Gasteiger charge is -2.12. The second-order valence-electron chi connectivity index (χ2n) is 2.98. The number of methoxy groups -OCH3 is 1. The number of ether oxygens (including phenoxy) is 2. The van der Waals surface area contributed by atoms with Gasteiger partial charge in [0.05, 0.1) is 22.7 Å². The third-order valence-corrected chi connectivity index (χ3v) is 2.44. The van der Waals surface area contributed by atoms with Crippen molar-refractivity contribution in [3.05, 3.63) is 27.7 Å². The standard InChI is InChI=1S/C10H5BrF3NO3/c1-17-9(16)6-3-8(18-10(12,13)14)7(11)2-5(6)4-15/h2-3H,1H3. The average Bonchev–Trinajstić information content (AvgIpc) is 2.28. The zero-order valence-electron chi connectivity index (χ0n) is 8.84.